The third-order valence-electron chi connectivity index (χ3n) is 3.33. The quantitative estimate of drug-likeness (QED) is 0.922. The maximum atomic E-state index is 12.0. The summed E-state index contributed by atoms with van der Waals surface area (Å²) < 4.78 is 45.1. The summed E-state index contributed by atoms with van der Waals surface area (Å²) in [7, 11) is 0. The highest BCUT2D eigenvalue weighted by Gasteiger charge is 2.39. The van der Waals surface area contributed by atoms with E-state index in [1.165, 1.54) is 24.3 Å². The van der Waals surface area contributed by atoms with Crippen LogP contribution in [0.5, 0.6) is 5.75 Å². The van der Waals surface area contributed by atoms with Gasteiger partial charge < -0.3 is 14.6 Å². The Balaban J connectivity index is 2.03. The number of halogens is 3. The van der Waals surface area contributed by atoms with Crippen molar-refractivity contribution in [3.8, 4) is 5.75 Å². The fourth-order valence-electron chi connectivity index (χ4n) is 2.17. The molecule has 0 bridgehead atoms. The van der Waals surface area contributed by atoms with Crippen molar-refractivity contribution in [2.45, 2.75) is 37.8 Å². The molecule has 1 aliphatic rings. The number of aliphatic hydroxyl groups is 1. The molecule has 6 heteroatoms. The van der Waals surface area contributed by atoms with Gasteiger partial charge in [0, 0.05) is 19.4 Å². The standard InChI is InChI=1S/C13H15F3O3/c1-9-12(17,6-7-18-9)8-10-2-4-11(5-3-10)19-13(14,15)16/h2-5,9,17H,6-8H2,1H3. The summed E-state index contributed by atoms with van der Waals surface area (Å²) in [6.45, 7) is 2.28. The van der Waals surface area contributed by atoms with Crippen LogP contribution in [0.25, 0.3) is 0 Å². The first-order chi connectivity index (χ1) is 8.78. The van der Waals surface area contributed by atoms with Gasteiger partial charge in [0.25, 0.3) is 0 Å². The van der Waals surface area contributed by atoms with E-state index in [4.69, 9.17) is 4.74 Å². The van der Waals surface area contributed by atoms with E-state index < -0.39 is 12.0 Å². The van der Waals surface area contributed by atoms with Crippen LogP contribution in [0.4, 0.5) is 13.2 Å². The molecule has 2 unspecified atom stereocenters. The van der Waals surface area contributed by atoms with Gasteiger partial charge in [-0.2, -0.15) is 0 Å². The molecule has 1 aliphatic heterocycles. The molecule has 0 radical (unpaired) electrons. The van der Waals surface area contributed by atoms with Gasteiger partial charge in [0.1, 0.15) is 5.75 Å². The Kier molecular flexibility index (Phi) is 3.73. The second-order valence-electron chi connectivity index (χ2n) is 4.74. The molecule has 1 fully saturated rings. The predicted octanol–water partition coefficient (Wildman–Crippen LogP) is 2.67. The maximum absolute atomic E-state index is 12.0. The number of benzene rings is 1. The van der Waals surface area contributed by atoms with E-state index in [1.54, 1.807) is 6.92 Å². The van der Waals surface area contributed by atoms with Crippen molar-refractivity contribution in [1.29, 1.82) is 0 Å². The Labute approximate surface area is 108 Å². The van der Waals surface area contributed by atoms with Gasteiger partial charge in [-0.1, -0.05) is 12.1 Å². The van der Waals surface area contributed by atoms with Crippen LogP contribution in [0.1, 0.15) is 18.9 Å². The van der Waals surface area contributed by atoms with Gasteiger partial charge in [-0.15, -0.1) is 13.2 Å². The van der Waals surface area contributed by atoms with Gasteiger partial charge in [-0.05, 0) is 24.6 Å². The molecule has 1 saturated heterocycles. The Hall–Kier alpha value is -1.27. The van der Waals surface area contributed by atoms with Gasteiger partial charge in [0.2, 0.25) is 0 Å². The van der Waals surface area contributed by atoms with Crippen LogP contribution in [0.3, 0.4) is 0 Å². The summed E-state index contributed by atoms with van der Waals surface area (Å²) in [6.07, 6.45) is -4.10. The van der Waals surface area contributed by atoms with Crippen LogP contribution in [-0.2, 0) is 11.2 Å². The Bertz CT molecular complexity index is 430. The third kappa shape index (κ3) is 3.61. The summed E-state index contributed by atoms with van der Waals surface area (Å²) in [5, 5.41) is 10.3. The van der Waals surface area contributed by atoms with E-state index in [0.717, 1.165) is 5.56 Å². The summed E-state index contributed by atoms with van der Waals surface area (Å²) in [5.41, 5.74) is -0.207. The summed E-state index contributed by atoms with van der Waals surface area (Å²) in [6, 6.07) is 5.52. The van der Waals surface area contributed by atoms with E-state index in [0.29, 0.717) is 19.4 Å². The largest absolute Gasteiger partial charge is 0.573 e. The zero-order valence-electron chi connectivity index (χ0n) is 10.4. The molecule has 1 heterocycles. The van der Waals surface area contributed by atoms with Gasteiger partial charge in [0.15, 0.2) is 0 Å². The van der Waals surface area contributed by atoms with Crippen molar-refractivity contribution in [2.24, 2.45) is 0 Å². The first-order valence-electron chi connectivity index (χ1n) is 5.97. The van der Waals surface area contributed by atoms with Crippen LogP contribution < -0.4 is 4.74 Å². The Morgan fingerprint density at radius 3 is 2.47 bits per heavy atom. The molecule has 1 aromatic rings. The number of ether oxygens (including phenoxy) is 2. The number of alkyl halides is 3. The highest BCUT2D eigenvalue weighted by Crippen LogP contribution is 2.30. The highest BCUT2D eigenvalue weighted by atomic mass is 19.4. The molecule has 1 aromatic carbocycles. The van der Waals surface area contributed by atoms with Gasteiger partial charge in [-0.3, -0.25) is 0 Å². The molecule has 1 N–H and O–H groups in total. The SMILES string of the molecule is CC1OCCC1(O)Cc1ccc(OC(F)(F)F)cc1. The molecule has 0 aliphatic carbocycles. The second kappa shape index (κ2) is 5.02. The van der Waals surface area contributed by atoms with Crippen LogP contribution in [0.15, 0.2) is 24.3 Å². The van der Waals surface area contributed by atoms with Crippen molar-refractivity contribution in [3.05, 3.63) is 29.8 Å². The van der Waals surface area contributed by atoms with Crippen LogP contribution >= 0.6 is 0 Å². The molecular weight excluding hydrogens is 261 g/mol. The van der Waals surface area contributed by atoms with Crippen molar-refractivity contribution in [2.75, 3.05) is 6.61 Å². The smallest absolute Gasteiger partial charge is 0.406 e. The first kappa shape index (κ1) is 14.1. The van der Waals surface area contributed by atoms with Crippen molar-refractivity contribution >= 4 is 0 Å². The lowest BCUT2D eigenvalue weighted by Crippen LogP contribution is -2.38. The van der Waals surface area contributed by atoms with Crippen molar-refractivity contribution < 1.29 is 27.8 Å². The van der Waals surface area contributed by atoms with Crippen LogP contribution in [0, 0.1) is 0 Å². The minimum Gasteiger partial charge on any atom is -0.406 e. The molecule has 2 rings (SSSR count). The Morgan fingerprint density at radius 1 is 1.37 bits per heavy atom. The molecule has 0 saturated carbocycles. The molecule has 106 valence electrons. The second-order valence-corrected chi connectivity index (χ2v) is 4.74. The van der Waals surface area contributed by atoms with Crippen molar-refractivity contribution in [1.82, 2.24) is 0 Å². The van der Waals surface area contributed by atoms with Gasteiger partial charge >= 0.3 is 6.36 Å². The average Bonchev–Trinajstić information content (AvgIpc) is 2.60. The highest BCUT2D eigenvalue weighted by molar-refractivity contribution is 5.28. The zero-order chi connectivity index (χ0) is 14.1. The fourth-order valence-corrected chi connectivity index (χ4v) is 2.17. The summed E-state index contributed by atoms with van der Waals surface area (Å²) in [5.74, 6) is -0.265. The lowest BCUT2D eigenvalue weighted by Gasteiger charge is -2.26. The number of hydrogen-bond acceptors (Lipinski definition) is 3. The topological polar surface area (TPSA) is 38.7 Å². The molecular formula is C13H15F3O3. The molecule has 19 heavy (non-hydrogen) atoms. The molecule has 3 nitrogen and oxygen atoms in total. The average molecular weight is 276 g/mol. The lowest BCUT2D eigenvalue weighted by molar-refractivity contribution is -0.274. The van der Waals surface area contributed by atoms with Crippen LogP contribution in [-0.4, -0.2) is 29.8 Å². The molecule has 0 spiro atoms. The third-order valence-corrected chi connectivity index (χ3v) is 3.33. The number of rotatable bonds is 3. The minimum absolute atomic E-state index is 0.265. The normalized spacial score (nSPS) is 27.5. The summed E-state index contributed by atoms with van der Waals surface area (Å²) >= 11 is 0. The van der Waals surface area contributed by atoms with E-state index in [1.807, 2.05) is 0 Å². The maximum Gasteiger partial charge on any atom is 0.573 e. The van der Waals surface area contributed by atoms with E-state index in [-0.39, 0.29) is 11.9 Å². The van der Waals surface area contributed by atoms with E-state index in [2.05, 4.69) is 4.74 Å². The van der Waals surface area contributed by atoms with Gasteiger partial charge in [-0.25, -0.2) is 0 Å². The van der Waals surface area contributed by atoms with Gasteiger partial charge in [0.05, 0.1) is 11.7 Å². The van der Waals surface area contributed by atoms with E-state index >= 15 is 0 Å². The summed E-state index contributed by atoms with van der Waals surface area (Å²) in [4.78, 5) is 0. The van der Waals surface area contributed by atoms with Crippen LogP contribution in [0.2, 0.25) is 0 Å². The minimum atomic E-state index is -4.69. The molecule has 2 atom stereocenters. The van der Waals surface area contributed by atoms with E-state index in [9.17, 15) is 18.3 Å². The number of hydrogen-bond donors (Lipinski definition) is 1. The molecule has 0 amide bonds. The molecule has 0 aromatic heterocycles. The first-order valence-corrected chi connectivity index (χ1v) is 5.97. The van der Waals surface area contributed by atoms with Crippen molar-refractivity contribution in [3.63, 3.8) is 0 Å². The predicted molar refractivity (Wildman–Crippen MR) is 61.8 cm³/mol. The lowest BCUT2D eigenvalue weighted by atomic mass is 9.89. The fraction of sp³-hybridized carbons (Fsp3) is 0.538. The Morgan fingerprint density at radius 2 is 2.00 bits per heavy atom. The zero-order valence-corrected chi connectivity index (χ0v) is 10.4. The monoisotopic (exact) mass is 276 g/mol.